The molecule has 0 aromatic heterocycles. The lowest BCUT2D eigenvalue weighted by Crippen LogP contribution is -2.36. The Morgan fingerprint density at radius 3 is 2.42 bits per heavy atom. The van der Waals surface area contributed by atoms with Crippen LogP contribution in [0.15, 0.2) is 58.4 Å². The van der Waals surface area contributed by atoms with Gasteiger partial charge in [0.2, 0.25) is 10.0 Å². The second kappa shape index (κ2) is 12.4. The lowest BCUT2D eigenvalue weighted by Gasteiger charge is -2.26. The molecule has 0 amide bonds. The van der Waals surface area contributed by atoms with E-state index in [9.17, 15) is 12.8 Å². The van der Waals surface area contributed by atoms with Crippen molar-refractivity contribution in [1.29, 1.82) is 0 Å². The maximum atomic E-state index is 13.0. The fourth-order valence-electron chi connectivity index (χ4n) is 3.36. The SMILES string of the molecule is CCNC(=NCc1cccc(S(=O)(=O)N2CCCCC2)c1)NCc1ccc(F)cc1.I. The van der Waals surface area contributed by atoms with E-state index in [4.69, 9.17) is 0 Å². The van der Waals surface area contributed by atoms with Crippen LogP contribution in [0.3, 0.4) is 0 Å². The summed E-state index contributed by atoms with van der Waals surface area (Å²) in [5.41, 5.74) is 1.77. The van der Waals surface area contributed by atoms with E-state index in [2.05, 4.69) is 15.6 Å². The topological polar surface area (TPSA) is 73.8 Å². The Morgan fingerprint density at radius 2 is 1.74 bits per heavy atom. The standard InChI is InChI=1S/C22H29FN4O2S.HI/c1-2-24-22(25-16-18-9-11-20(23)12-10-18)26-17-19-7-6-8-21(15-19)30(28,29)27-13-4-3-5-14-27;/h6-12,15H,2-5,13-14,16-17H2,1H3,(H2,24,25,26);1H. The zero-order valence-electron chi connectivity index (χ0n) is 17.7. The van der Waals surface area contributed by atoms with Gasteiger partial charge >= 0.3 is 0 Å². The van der Waals surface area contributed by atoms with Crippen LogP contribution >= 0.6 is 24.0 Å². The Kier molecular flexibility index (Phi) is 10.2. The van der Waals surface area contributed by atoms with Crippen molar-refractivity contribution in [2.75, 3.05) is 19.6 Å². The van der Waals surface area contributed by atoms with Crippen LogP contribution in [0.2, 0.25) is 0 Å². The molecule has 1 fully saturated rings. The molecule has 0 unspecified atom stereocenters. The van der Waals surface area contributed by atoms with Gasteiger partial charge in [0.15, 0.2) is 5.96 Å². The van der Waals surface area contributed by atoms with Crippen molar-refractivity contribution >= 4 is 40.0 Å². The Bertz CT molecular complexity index is 962. The molecule has 170 valence electrons. The van der Waals surface area contributed by atoms with Crippen molar-refractivity contribution < 1.29 is 12.8 Å². The lowest BCUT2D eigenvalue weighted by molar-refractivity contribution is 0.346. The van der Waals surface area contributed by atoms with E-state index in [1.807, 2.05) is 13.0 Å². The maximum Gasteiger partial charge on any atom is 0.243 e. The summed E-state index contributed by atoms with van der Waals surface area (Å²) in [4.78, 5) is 4.88. The molecular formula is C22H30FIN4O2S. The first-order valence-electron chi connectivity index (χ1n) is 10.3. The van der Waals surface area contributed by atoms with Crippen LogP contribution in [0.4, 0.5) is 4.39 Å². The van der Waals surface area contributed by atoms with Gasteiger partial charge in [-0.2, -0.15) is 4.31 Å². The van der Waals surface area contributed by atoms with Crippen LogP contribution < -0.4 is 10.6 Å². The highest BCUT2D eigenvalue weighted by Crippen LogP contribution is 2.21. The zero-order valence-corrected chi connectivity index (χ0v) is 20.8. The van der Waals surface area contributed by atoms with Gasteiger partial charge in [-0.25, -0.2) is 17.8 Å². The summed E-state index contributed by atoms with van der Waals surface area (Å²) in [7, 11) is -3.46. The number of hydrogen-bond donors (Lipinski definition) is 2. The quantitative estimate of drug-likeness (QED) is 0.307. The predicted molar refractivity (Wildman–Crippen MR) is 133 cm³/mol. The smallest absolute Gasteiger partial charge is 0.243 e. The van der Waals surface area contributed by atoms with Crippen LogP contribution in [-0.4, -0.2) is 38.3 Å². The zero-order chi connectivity index (χ0) is 21.4. The molecule has 1 heterocycles. The number of benzene rings is 2. The number of guanidine groups is 1. The molecule has 0 spiro atoms. The summed E-state index contributed by atoms with van der Waals surface area (Å²) in [6, 6.07) is 13.3. The first-order chi connectivity index (χ1) is 14.5. The van der Waals surface area contributed by atoms with Gasteiger partial charge in [0.25, 0.3) is 0 Å². The minimum atomic E-state index is -3.46. The van der Waals surface area contributed by atoms with Gasteiger partial charge in [0.1, 0.15) is 5.82 Å². The molecule has 0 aliphatic carbocycles. The van der Waals surface area contributed by atoms with Crippen LogP contribution in [0, 0.1) is 5.82 Å². The number of hydrogen-bond acceptors (Lipinski definition) is 3. The molecule has 0 saturated carbocycles. The summed E-state index contributed by atoms with van der Waals surface area (Å²) < 4.78 is 40.4. The Hall–Kier alpha value is -1.72. The molecule has 1 aliphatic heterocycles. The number of rotatable bonds is 7. The molecule has 6 nitrogen and oxygen atoms in total. The van der Waals surface area contributed by atoms with Crippen molar-refractivity contribution in [1.82, 2.24) is 14.9 Å². The van der Waals surface area contributed by atoms with Crippen molar-refractivity contribution in [3.8, 4) is 0 Å². The van der Waals surface area contributed by atoms with Crippen molar-refractivity contribution in [2.24, 2.45) is 4.99 Å². The largest absolute Gasteiger partial charge is 0.357 e. The highest BCUT2D eigenvalue weighted by atomic mass is 127. The second-order valence-corrected chi connectivity index (χ2v) is 9.23. The molecule has 0 radical (unpaired) electrons. The third kappa shape index (κ3) is 7.43. The van der Waals surface area contributed by atoms with Crippen molar-refractivity contribution in [3.05, 3.63) is 65.5 Å². The van der Waals surface area contributed by atoms with Crippen LogP contribution in [0.25, 0.3) is 0 Å². The molecular weight excluding hydrogens is 530 g/mol. The molecule has 2 aromatic rings. The normalized spacial score (nSPS) is 15.2. The van der Waals surface area contributed by atoms with E-state index >= 15 is 0 Å². The average molecular weight is 560 g/mol. The number of sulfonamides is 1. The fraction of sp³-hybridized carbons (Fsp3) is 0.409. The number of nitrogens with one attached hydrogen (secondary N) is 2. The van der Waals surface area contributed by atoms with Gasteiger partial charge < -0.3 is 10.6 Å². The first-order valence-corrected chi connectivity index (χ1v) is 11.8. The van der Waals surface area contributed by atoms with Gasteiger partial charge in [-0.3, -0.25) is 0 Å². The Balaban J connectivity index is 0.00000341. The molecule has 2 aromatic carbocycles. The highest BCUT2D eigenvalue weighted by molar-refractivity contribution is 14.0. The highest BCUT2D eigenvalue weighted by Gasteiger charge is 2.25. The molecule has 0 atom stereocenters. The van der Waals surface area contributed by atoms with Gasteiger partial charge in [-0.05, 0) is 55.2 Å². The van der Waals surface area contributed by atoms with Crippen molar-refractivity contribution in [2.45, 2.75) is 44.2 Å². The molecule has 0 bridgehead atoms. The van der Waals surface area contributed by atoms with Crippen LogP contribution in [-0.2, 0) is 23.1 Å². The summed E-state index contributed by atoms with van der Waals surface area (Å²) in [6.07, 6.45) is 2.91. The summed E-state index contributed by atoms with van der Waals surface area (Å²) >= 11 is 0. The van der Waals surface area contributed by atoms with Gasteiger partial charge in [0, 0.05) is 26.2 Å². The van der Waals surface area contributed by atoms with E-state index in [-0.39, 0.29) is 29.8 Å². The molecule has 2 N–H and O–H groups in total. The number of halogens is 2. The van der Waals surface area contributed by atoms with E-state index in [0.717, 1.165) is 30.4 Å². The number of aliphatic imine (C=N–C) groups is 1. The second-order valence-electron chi connectivity index (χ2n) is 7.29. The lowest BCUT2D eigenvalue weighted by atomic mass is 10.2. The third-order valence-corrected chi connectivity index (χ3v) is 6.88. The number of piperidine rings is 1. The third-order valence-electron chi connectivity index (χ3n) is 4.99. The van der Waals surface area contributed by atoms with Crippen LogP contribution in [0.5, 0.6) is 0 Å². The molecule has 1 saturated heterocycles. The van der Waals surface area contributed by atoms with Crippen LogP contribution in [0.1, 0.15) is 37.3 Å². The molecule has 31 heavy (non-hydrogen) atoms. The first kappa shape index (κ1) is 25.5. The van der Waals surface area contributed by atoms with Gasteiger partial charge in [-0.15, -0.1) is 24.0 Å². The van der Waals surface area contributed by atoms with Crippen molar-refractivity contribution in [3.63, 3.8) is 0 Å². The monoisotopic (exact) mass is 560 g/mol. The minimum Gasteiger partial charge on any atom is -0.357 e. The molecule has 1 aliphatic rings. The number of nitrogens with zero attached hydrogens (tertiary/aromatic N) is 2. The maximum absolute atomic E-state index is 13.0. The summed E-state index contributed by atoms with van der Waals surface area (Å²) in [6.45, 7) is 4.70. The van der Waals surface area contributed by atoms with Gasteiger partial charge in [-0.1, -0.05) is 30.7 Å². The summed E-state index contributed by atoms with van der Waals surface area (Å²) in [5.74, 6) is 0.352. The Morgan fingerprint density at radius 1 is 1.03 bits per heavy atom. The summed E-state index contributed by atoms with van der Waals surface area (Å²) in [5, 5.41) is 6.38. The predicted octanol–water partition coefficient (Wildman–Crippen LogP) is 3.87. The fourth-order valence-corrected chi connectivity index (χ4v) is 4.95. The van der Waals surface area contributed by atoms with E-state index in [0.29, 0.717) is 43.6 Å². The van der Waals surface area contributed by atoms with E-state index < -0.39 is 10.0 Å². The van der Waals surface area contributed by atoms with E-state index in [1.165, 1.54) is 12.1 Å². The van der Waals surface area contributed by atoms with E-state index in [1.54, 1.807) is 34.6 Å². The molecule has 9 heteroatoms. The average Bonchev–Trinajstić information content (AvgIpc) is 2.77. The molecule has 3 rings (SSSR count). The van der Waals surface area contributed by atoms with Gasteiger partial charge in [0.05, 0.1) is 11.4 Å². The Labute approximate surface area is 201 Å². The minimum absolute atomic E-state index is 0.